The van der Waals surface area contributed by atoms with Gasteiger partial charge in [-0.2, -0.15) is 9.90 Å². The van der Waals surface area contributed by atoms with Crippen molar-refractivity contribution in [3.8, 4) is 11.5 Å². The number of hydrogen-bond donors (Lipinski definition) is 0. The van der Waals surface area contributed by atoms with Crippen LogP contribution in [0.1, 0.15) is 0 Å². The molecule has 0 aliphatic rings. The lowest BCUT2D eigenvalue weighted by Gasteiger charge is -2.08. The van der Waals surface area contributed by atoms with Gasteiger partial charge in [0.2, 0.25) is 0 Å². The van der Waals surface area contributed by atoms with Crippen LogP contribution in [0.2, 0.25) is 0 Å². The summed E-state index contributed by atoms with van der Waals surface area (Å²) in [4.78, 5) is 0. The summed E-state index contributed by atoms with van der Waals surface area (Å²) in [6, 6.07) is 28.9. The van der Waals surface area contributed by atoms with E-state index in [9.17, 15) is 0 Å². The van der Waals surface area contributed by atoms with E-state index in [0.29, 0.717) is 0 Å². The highest BCUT2D eigenvalue weighted by molar-refractivity contribution is 6.92. The van der Waals surface area contributed by atoms with Gasteiger partial charge in [0.25, 0.3) is 0 Å². The number of rotatable bonds is 2. The molecule has 4 rings (SSSR count). The van der Waals surface area contributed by atoms with Gasteiger partial charge in [-0.05, 0) is 45.8 Å². The molecule has 0 bridgehead atoms. The second-order valence-electron chi connectivity index (χ2n) is 5.12. The highest BCUT2D eigenvalue weighted by Crippen LogP contribution is 2.28. The maximum Gasteiger partial charge on any atom is 0.128 e. The van der Waals surface area contributed by atoms with Gasteiger partial charge in [0, 0.05) is 0 Å². The molecule has 0 radical (unpaired) electrons. The molecule has 2 heteroatoms. The molecule has 108 valence electrons. The predicted molar refractivity (Wildman–Crippen MR) is 99.1 cm³/mol. The first kappa shape index (κ1) is 14.6. The Bertz CT molecular complexity index is 853. The van der Waals surface area contributed by atoms with Crippen LogP contribution in [0.25, 0.3) is 21.5 Å². The topological polar surface area (TPSA) is 9.23 Å². The minimum atomic E-state index is 0. The molecular weight excluding hydrogens is 287 g/mol. The van der Waals surface area contributed by atoms with Crippen molar-refractivity contribution in [2.24, 2.45) is 0 Å². The third-order valence-corrected chi connectivity index (χ3v) is 3.68. The highest BCUT2D eigenvalue weighted by atomic mass is 31.0. The van der Waals surface area contributed by atoms with E-state index < -0.39 is 0 Å². The van der Waals surface area contributed by atoms with Crippen molar-refractivity contribution in [3.63, 3.8) is 0 Å². The molecule has 1 atom stereocenters. The summed E-state index contributed by atoms with van der Waals surface area (Å²) < 4.78 is 5.99. The third-order valence-electron chi connectivity index (χ3n) is 3.68. The molecule has 0 aromatic heterocycles. The van der Waals surface area contributed by atoms with Crippen LogP contribution in [-0.4, -0.2) is 0 Å². The Labute approximate surface area is 133 Å². The van der Waals surface area contributed by atoms with Crippen molar-refractivity contribution in [1.82, 2.24) is 0 Å². The predicted octanol–water partition coefficient (Wildman–Crippen LogP) is 5.84. The fourth-order valence-electron chi connectivity index (χ4n) is 2.60. The largest absolute Gasteiger partial charge is 0.457 e. The number of ether oxygens (including phenoxy) is 1. The van der Waals surface area contributed by atoms with E-state index in [2.05, 4.69) is 48.5 Å². The molecule has 1 nitrogen and oxygen atoms in total. The molecule has 0 fully saturated rings. The van der Waals surface area contributed by atoms with E-state index in [-0.39, 0.29) is 9.90 Å². The molecule has 22 heavy (non-hydrogen) atoms. The average Bonchev–Trinajstić information content (AvgIpc) is 2.55. The molecule has 0 aliphatic carbocycles. The van der Waals surface area contributed by atoms with Gasteiger partial charge in [0.05, 0.1) is 0 Å². The second-order valence-corrected chi connectivity index (χ2v) is 5.12. The summed E-state index contributed by atoms with van der Waals surface area (Å²) in [5.41, 5.74) is 0. The number of benzene rings is 4. The van der Waals surface area contributed by atoms with Gasteiger partial charge in [0.1, 0.15) is 11.5 Å². The van der Waals surface area contributed by atoms with Crippen molar-refractivity contribution in [3.05, 3.63) is 84.9 Å². The van der Waals surface area contributed by atoms with Gasteiger partial charge in [-0.1, -0.05) is 60.7 Å². The average molecular weight is 304 g/mol. The molecule has 4 aromatic carbocycles. The van der Waals surface area contributed by atoms with Crippen LogP contribution in [0.3, 0.4) is 0 Å². The molecule has 0 amide bonds. The number of hydrogen-bond acceptors (Lipinski definition) is 1. The standard InChI is InChI=1S/C20H14O.H3P/c1-3-7-17-13-19(11-9-15(17)5-1)21-20-12-10-16-6-2-4-8-18(16)14-20;/h1-14H;1H3. The molecule has 0 saturated heterocycles. The van der Waals surface area contributed by atoms with Crippen LogP contribution in [0.5, 0.6) is 11.5 Å². The smallest absolute Gasteiger partial charge is 0.128 e. The summed E-state index contributed by atoms with van der Waals surface area (Å²) in [6.07, 6.45) is 0. The summed E-state index contributed by atoms with van der Waals surface area (Å²) in [6.45, 7) is 0. The number of fused-ring (bicyclic) bond motifs is 2. The molecule has 0 heterocycles. The molecule has 0 aliphatic heterocycles. The summed E-state index contributed by atoms with van der Waals surface area (Å²) in [5, 5.41) is 4.83. The Hall–Kier alpha value is -2.37. The van der Waals surface area contributed by atoms with Crippen LogP contribution in [0.4, 0.5) is 0 Å². The van der Waals surface area contributed by atoms with E-state index in [1.165, 1.54) is 21.5 Å². The Kier molecular flexibility index (Phi) is 4.09. The second kappa shape index (κ2) is 6.17. The summed E-state index contributed by atoms with van der Waals surface area (Å²) >= 11 is 0. The molecule has 0 spiro atoms. The van der Waals surface area contributed by atoms with Crippen molar-refractivity contribution < 1.29 is 4.74 Å². The Morgan fingerprint density at radius 3 is 1.32 bits per heavy atom. The van der Waals surface area contributed by atoms with Crippen molar-refractivity contribution in [2.45, 2.75) is 0 Å². The van der Waals surface area contributed by atoms with E-state index in [1.807, 2.05) is 36.4 Å². The Balaban J connectivity index is 0.00000144. The molecule has 1 unspecified atom stereocenters. The zero-order chi connectivity index (χ0) is 14.1. The van der Waals surface area contributed by atoms with Crippen LogP contribution < -0.4 is 4.74 Å². The van der Waals surface area contributed by atoms with Gasteiger partial charge >= 0.3 is 0 Å². The van der Waals surface area contributed by atoms with Crippen molar-refractivity contribution in [2.75, 3.05) is 0 Å². The molecule has 0 N–H and O–H groups in total. The van der Waals surface area contributed by atoms with Crippen LogP contribution in [0, 0.1) is 0 Å². The quantitative estimate of drug-likeness (QED) is 0.422. The molecule has 0 saturated carbocycles. The van der Waals surface area contributed by atoms with Gasteiger partial charge < -0.3 is 4.74 Å². The van der Waals surface area contributed by atoms with Gasteiger partial charge in [0.15, 0.2) is 0 Å². The van der Waals surface area contributed by atoms with Gasteiger partial charge in [-0.15, -0.1) is 0 Å². The zero-order valence-electron chi connectivity index (χ0n) is 12.2. The SMILES string of the molecule is P.c1ccc2cc(Oc3ccc4ccccc4c3)ccc2c1. The lowest BCUT2D eigenvalue weighted by Crippen LogP contribution is -1.84. The first-order valence-electron chi connectivity index (χ1n) is 7.04. The van der Waals surface area contributed by atoms with E-state index >= 15 is 0 Å². The van der Waals surface area contributed by atoms with E-state index in [4.69, 9.17) is 4.74 Å². The fraction of sp³-hybridized carbons (Fsp3) is 0. The molecular formula is C20H17OP. The van der Waals surface area contributed by atoms with Crippen LogP contribution >= 0.6 is 9.90 Å². The third kappa shape index (κ3) is 2.81. The lowest BCUT2D eigenvalue weighted by atomic mass is 10.1. The monoisotopic (exact) mass is 304 g/mol. The van der Waals surface area contributed by atoms with E-state index in [0.717, 1.165) is 11.5 Å². The minimum absolute atomic E-state index is 0. The summed E-state index contributed by atoms with van der Waals surface area (Å²) in [7, 11) is 0. The maximum atomic E-state index is 5.99. The van der Waals surface area contributed by atoms with E-state index in [1.54, 1.807) is 0 Å². The molecule has 4 aromatic rings. The lowest BCUT2D eigenvalue weighted by molar-refractivity contribution is 0.484. The first-order chi connectivity index (χ1) is 10.4. The minimum Gasteiger partial charge on any atom is -0.457 e. The van der Waals surface area contributed by atoms with Crippen LogP contribution in [-0.2, 0) is 0 Å². The van der Waals surface area contributed by atoms with Crippen molar-refractivity contribution in [1.29, 1.82) is 0 Å². The van der Waals surface area contributed by atoms with Crippen molar-refractivity contribution >= 4 is 31.4 Å². The highest BCUT2D eigenvalue weighted by Gasteiger charge is 2.01. The Morgan fingerprint density at radius 1 is 0.455 bits per heavy atom. The first-order valence-corrected chi connectivity index (χ1v) is 7.04. The summed E-state index contributed by atoms with van der Waals surface area (Å²) in [5.74, 6) is 1.73. The fourth-order valence-corrected chi connectivity index (χ4v) is 2.60. The van der Waals surface area contributed by atoms with Gasteiger partial charge in [-0.3, -0.25) is 0 Å². The maximum absolute atomic E-state index is 5.99. The van der Waals surface area contributed by atoms with Crippen LogP contribution in [0.15, 0.2) is 84.9 Å². The van der Waals surface area contributed by atoms with Gasteiger partial charge in [-0.25, -0.2) is 0 Å². The normalized spacial score (nSPS) is 10.4. The Morgan fingerprint density at radius 2 is 0.864 bits per heavy atom. The zero-order valence-corrected chi connectivity index (χ0v) is 13.6.